The van der Waals surface area contributed by atoms with Crippen LogP contribution < -0.4 is 5.43 Å². The van der Waals surface area contributed by atoms with Crippen LogP contribution in [-0.2, 0) is 6.54 Å². The van der Waals surface area contributed by atoms with Crippen LogP contribution in [0.2, 0.25) is 0 Å². The van der Waals surface area contributed by atoms with E-state index in [2.05, 4.69) is 10.4 Å². The standard InChI is InChI=1S/C8H13N3/c1-9-11(2)7-8-5-3-4-6-10-8/h3-6,9H,7H2,1-2H3. The Bertz CT molecular complexity index is 198. The smallest absolute Gasteiger partial charge is 0.0558 e. The normalized spacial score (nSPS) is 10.5. The molecule has 1 rings (SSSR count). The number of pyridine rings is 1. The first-order valence-electron chi connectivity index (χ1n) is 3.61. The molecule has 3 heteroatoms. The summed E-state index contributed by atoms with van der Waals surface area (Å²) in [4.78, 5) is 4.19. The van der Waals surface area contributed by atoms with Gasteiger partial charge in [0.25, 0.3) is 0 Å². The van der Waals surface area contributed by atoms with E-state index in [0.717, 1.165) is 12.2 Å². The quantitative estimate of drug-likeness (QED) is 0.643. The third-order valence-corrected chi connectivity index (χ3v) is 1.51. The summed E-state index contributed by atoms with van der Waals surface area (Å²) < 4.78 is 0. The fourth-order valence-corrected chi connectivity index (χ4v) is 0.814. The predicted octanol–water partition coefficient (Wildman–Crippen LogP) is 0.648. The van der Waals surface area contributed by atoms with Gasteiger partial charge >= 0.3 is 0 Å². The van der Waals surface area contributed by atoms with Gasteiger partial charge in [-0.3, -0.25) is 10.4 Å². The molecule has 60 valence electrons. The van der Waals surface area contributed by atoms with Crippen LogP contribution in [0.15, 0.2) is 24.4 Å². The second-order valence-electron chi connectivity index (χ2n) is 2.40. The van der Waals surface area contributed by atoms with Gasteiger partial charge in [-0.2, -0.15) is 0 Å². The van der Waals surface area contributed by atoms with E-state index in [0.29, 0.717) is 0 Å². The van der Waals surface area contributed by atoms with Crippen molar-refractivity contribution in [1.29, 1.82) is 0 Å². The number of hydrogen-bond donors (Lipinski definition) is 1. The van der Waals surface area contributed by atoms with Crippen LogP contribution in [0.3, 0.4) is 0 Å². The van der Waals surface area contributed by atoms with E-state index >= 15 is 0 Å². The average molecular weight is 151 g/mol. The number of hydrogen-bond acceptors (Lipinski definition) is 3. The molecule has 0 aliphatic carbocycles. The molecule has 0 spiro atoms. The Kier molecular flexibility index (Phi) is 3.01. The molecule has 11 heavy (non-hydrogen) atoms. The van der Waals surface area contributed by atoms with Crippen LogP contribution >= 0.6 is 0 Å². The summed E-state index contributed by atoms with van der Waals surface area (Å²) >= 11 is 0. The van der Waals surface area contributed by atoms with Gasteiger partial charge in [0.05, 0.1) is 12.2 Å². The molecule has 0 bridgehead atoms. The molecule has 1 N–H and O–H groups in total. The molecular weight excluding hydrogens is 138 g/mol. The SMILES string of the molecule is CNN(C)Cc1ccccn1. The maximum atomic E-state index is 4.19. The third kappa shape index (κ3) is 2.65. The second-order valence-corrected chi connectivity index (χ2v) is 2.40. The zero-order chi connectivity index (χ0) is 8.10. The van der Waals surface area contributed by atoms with Crippen molar-refractivity contribution in [2.45, 2.75) is 6.54 Å². The van der Waals surface area contributed by atoms with Crippen LogP contribution in [-0.4, -0.2) is 24.1 Å². The van der Waals surface area contributed by atoms with Crippen molar-refractivity contribution >= 4 is 0 Å². The van der Waals surface area contributed by atoms with Gasteiger partial charge < -0.3 is 0 Å². The number of aromatic nitrogens is 1. The summed E-state index contributed by atoms with van der Waals surface area (Å²) in [7, 11) is 3.87. The minimum absolute atomic E-state index is 0.831. The Morgan fingerprint density at radius 2 is 2.36 bits per heavy atom. The zero-order valence-electron chi connectivity index (χ0n) is 6.91. The van der Waals surface area contributed by atoms with Crippen molar-refractivity contribution in [2.24, 2.45) is 0 Å². The van der Waals surface area contributed by atoms with Crippen LogP contribution in [0.1, 0.15) is 5.69 Å². The lowest BCUT2D eigenvalue weighted by Gasteiger charge is -2.13. The maximum absolute atomic E-state index is 4.19. The molecule has 0 atom stereocenters. The highest BCUT2D eigenvalue weighted by Crippen LogP contribution is 1.94. The Morgan fingerprint density at radius 1 is 1.55 bits per heavy atom. The predicted molar refractivity (Wildman–Crippen MR) is 44.8 cm³/mol. The van der Waals surface area contributed by atoms with Gasteiger partial charge in [0.2, 0.25) is 0 Å². The van der Waals surface area contributed by atoms with Crippen molar-refractivity contribution in [3.8, 4) is 0 Å². The number of rotatable bonds is 3. The minimum atomic E-state index is 0.831. The fraction of sp³-hybridized carbons (Fsp3) is 0.375. The summed E-state index contributed by atoms with van der Waals surface area (Å²) in [5.41, 5.74) is 4.08. The van der Waals surface area contributed by atoms with E-state index < -0.39 is 0 Å². The van der Waals surface area contributed by atoms with Gasteiger partial charge in [-0.15, -0.1) is 0 Å². The van der Waals surface area contributed by atoms with E-state index in [1.54, 1.807) is 6.20 Å². The Balaban J connectivity index is 2.51. The first-order valence-corrected chi connectivity index (χ1v) is 3.61. The van der Waals surface area contributed by atoms with E-state index in [4.69, 9.17) is 0 Å². The molecule has 0 aromatic carbocycles. The lowest BCUT2D eigenvalue weighted by Crippen LogP contribution is -2.30. The topological polar surface area (TPSA) is 28.2 Å². The van der Waals surface area contributed by atoms with Crippen molar-refractivity contribution in [1.82, 2.24) is 15.4 Å². The molecule has 1 aromatic heterocycles. The number of nitrogens with zero attached hydrogens (tertiary/aromatic N) is 2. The fourth-order valence-electron chi connectivity index (χ4n) is 0.814. The highest BCUT2D eigenvalue weighted by molar-refractivity contribution is 5.02. The highest BCUT2D eigenvalue weighted by atomic mass is 15.5. The number of nitrogens with one attached hydrogen (secondary N) is 1. The highest BCUT2D eigenvalue weighted by Gasteiger charge is 1.95. The van der Waals surface area contributed by atoms with E-state index in [9.17, 15) is 0 Å². The lowest BCUT2D eigenvalue weighted by atomic mass is 10.3. The molecule has 1 heterocycles. The molecule has 0 saturated carbocycles. The van der Waals surface area contributed by atoms with Crippen LogP contribution in [0.25, 0.3) is 0 Å². The molecule has 0 aliphatic rings. The van der Waals surface area contributed by atoms with Crippen molar-refractivity contribution in [2.75, 3.05) is 14.1 Å². The van der Waals surface area contributed by atoms with E-state index in [1.165, 1.54) is 0 Å². The molecule has 0 amide bonds. The average Bonchev–Trinajstić information content (AvgIpc) is 2.06. The molecule has 0 radical (unpaired) electrons. The molecular formula is C8H13N3. The van der Waals surface area contributed by atoms with Crippen molar-refractivity contribution in [3.63, 3.8) is 0 Å². The first-order chi connectivity index (χ1) is 5.33. The van der Waals surface area contributed by atoms with Gasteiger partial charge in [-0.25, -0.2) is 5.01 Å². The maximum Gasteiger partial charge on any atom is 0.0558 e. The summed E-state index contributed by atoms with van der Waals surface area (Å²) in [6.45, 7) is 0.831. The lowest BCUT2D eigenvalue weighted by molar-refractivity contribution is 0.248. The minimum Gasteiger partial charge on any atom is -0.260 e. The molecule has 0 aliphatic heterocycles. The molecule has 3 nitrogen and oxygen atoms in total. The molecule has 0 unspecified atom stereocenters. The summed E-state index contributed by atoms with van der Waals surface area (Å²) in [5.74, 6) is 0. The van der Waals surface area contributed by atoms with E-state index in [-0.39, 0.29) is 0 Å². The summed E-state index contributed by atoms with van der Waals surface area (Å²) in [6.07, 6.45) is 1.80. The number of hydrazine groups is 1. The van der Waals surface area contributed by atoms with Gasteiger partial charge in [-0.05, 0) is 19.2 Å². The first kappa shape index (κ1) is 8.17. The second kappa shape index (κ2) is 4.05. The molecule has 1 aromatic rings. The van der Waals surface area contributed by atoms with Crippen LogP contribution in [0.4, 0.5) is 0 Å². The van der Waals surface area contributed by atoms with Gasteiger partial charge in [0.15, 0.2) is 0 Å². The zero-order valence-corrected chi connectivity index (χ0v) is 6.91. The molecule has 0 fully saturated rings. The Morgan fingerprint density at radius 3 is 2.91 bits per heavy atom. The Hall–Kier alpha value is -0.930. The Labute approximate surface area is 67.0 Å². The van der Waals surface area contributed by atoms with Crippen molar-refractivity contribution in [3.05, 3.63) is 30.1 Å². The third-order valence-electron chi connectivity index (χ3n) is 1.51. The molecule has 0 saturated heterocycles. The van der Waals surface area contributed by atoms with Gasteiger partial charge in [0.1, 0.15) is 0 Å². The largest absolute Gasteiger partial charge is 0.260 e. The van der Waals surface area contributed by atoms with Crippen LogP contribution in [0, 0.1) is 0 Å². The monoisotopic (exact) mass is 151 g/mol. The van der Waals surface area contributed by atoms with Crippen LogP contribution in [0.5, 0.6) is 0 Å². The summed E-state index contributed by atoms with van der Waals surface area (Å²) in [5, 5.41) is 1.97. The van der Waals surface area contributed by atoms with Crippen molar-refractivity contribution < 1.29 is 0 Å². The van der Waals surface area contributed by atoms with Gasteiger partial charge in [-0.1, -0.05) is 6.07 Å². The van der Waals surface area contributed by atoms with Gasteiger partial charge in [0, 0.05) is 13.2 Å². The summed E-state index contributed by atoms with van der Waals surface area (Å²) in [6, 6.07) is 5.92. The van der Waals surface area contributed by atoms with E-state index in [1.807, 2.05) is 37.3 Å².